The molecule has 1 saturated carbocycles. The first-order valence-electron chi connectivity index (χ1n) is 6.32. The Bertz CT molecular complexity index is 427. The first-order valence-corrected chi connectivity index (χ1v) is 7.11. The Morgan fingerprint density at radius 3 is 2.78 bits per heavy atom. The van der Waals surface area contributed by atoms with Crippen LogP contribution in [0.5, 0.6) is 5.75 Å². The van der Waals surface area contributed by atoms with Crippen LogP contribution in [0.3, 0.4) is 0 Å². The highest BCUT2D eigenvalue weighted by molar-refractivity contribution is 9.10. The largest absolute Gasteiger partial charge is 0.489 e. The highest BCUT2D eigenvalue weighted by Gasteiger charge is 2.19. The molecule has 3 nitrogen and oxygen atoms in total. The molecule has 1 aromatic rings. The van der Waals surface area contributed by atoms with E-state index in [9.17, 15) is 4.79 Å². The van der Waals surface area contributed by atoms with Crippen LogP contribution in [0.25, 0.3) is 0 Å². The molecule has 0 bridgehead atoms. The van der Waals surface area contributed by atoms with Crippen molar-refractivity contribution < 1.29 is 14.6 Å². The van der Waals surface area contributed by atoms with Gasteiger partial charge in [0, 0.05) is 6.42 Å². The summed E-state index contributed by atoms with van der Waals surface area (Å²) < 4.78 is 6.80. The van der Waals surface area contributed by atoms with E-state index in [1.807, 2.05) is 18.2 Å². The maximum absolute atomic E-state index is 10.4. The molecule has 2 rings (SSSR count). The number of carboxylic acids is 1. The van der Waals surface area contributed by atoms with E-state index in [1.165, 1.54) is 6.42 Å². The molecule has 0 heterocycles. The summed E-state index contributed by atoms with van der Waals surface area (Å²) in [6.07, 6.45) is 5.60. The molecule has 1 aliphatic rings. The van der Waals surface area contributed by atoms with E-state index >= 15 is 0 Å². The molecule has 0 aliphatic heterocycles. The van der Waals surface area contributed by atoms with Crippen LogP contribution in [0.4, 0.5) is 0 Å². The Labute approximate surface area is 115 Å². The van der Waals surface area contributed by atoms with Gasteiger partial charge < -0.3 is 9.84 Å². The SMILES string of the molecule is O=C(O)CCCc1ccc(OC2CCC2)c(Br)c1. The minimum Gasteiger partial charge on any atom is -0.489 e. The van der Waals surface area contributed by atoms with Crippen molar-refractivity contribution >= 4 is 21.9 Å². The van der Waals surface area contributed by atoms with Crippen LogP contribution in [0.1, 0.15) is 37.7 Å². The lowest BCUT2D eigenvalue weighted by Gasteiger charge is -2.27. The molecule has 0 radical (unpaired) electrons. The monoisotopic (exact) mass is 312 g/mol. The van der Waals surface area contributed by atoms with Gasteiger partial charge in [-0.25, -0.2) is 0 Å². The van der Waals surface area contributed by atoms with Crippen molar-refractivity contribution in [1.82, 2.24) is 0 Å². The predicted octanol–water partition coefficient (Wildman–Crippen LogP) is 3.79. The molecule has 1 aromatic carbocycles. The second kappa shape index (κ2) is 6.23. The molecule has 0 aromatic heterocycles. The Morgan fingerprint density at radius 2 is 2.22 bits per heavy atom. The van der Waals surface area contributed by atoms with Crippen molar-refractivity contribution in [2.45, 2.75) is 44.6 Å². The van der Waals surface area contributed by atoms with E-state index in [4.69, 9.17) is 9.84 Å². The maximum Gasteiger partial charge on any atom is 0.303 e. The lowest BCUT2D eigenvalue weighted by Crippen LogP contribution is -2.24. The van der Waals surface area contributed by atoms with Gasteiger partial charge in [0.25, 0.3) is 0 Å². The summed E-state index contributed by atoms with van der Waals surface area (Å²) in [4.78, 5) is 10.4. The quantitative estimate of drug-likeness (QED) is 0.869. The smallest absolute Gasteiger partial charge is 0.303 e. The minimum absolute atomic E-state index is 0.220. The molecule has 0 atom stereocenters. The fourth-order valence-corrected chi connectivity index (χ4v) is 2.43. The van der Waals surface area contributed by atoms with Gasteiger partial charge in [-0.05, 0) is 65.7 Å². The van der Waals surface area contributed by atoms with E-state index in [2.05, 4.69) is 15.9 Å². The summed E-state index contributed by atoms with van der Waals surface area (Å²) in [7, 11) is 0. The predicted molar refractivity (Wildman–Crippen MR) is 73.0 cm³/mol. The molecule has 4 heteroatoms. The highest BCUT2D eigenvalue weighted by atomic mass is 79.9. The van der Waals surface area contributed by atoms with Crippen LogP contribution in [0.15, 0.2) is 22.7 Å². The number of benzene rings is 1. The van der Waals surface area contributed by atoms with Crippen LogP contribution in [0.2, 0.25) is 0 Å². The zero-order chi connectivity index (χ0) is 13.0. The van der Waals surface area contributed by atoms with E-state index in [0.29, 0.717) is 12.5 Å². The second-order valence-electron chi connectivity index (χ2n) is 4.68. The number of hydrogen-bond donors (Lipinski definition) is 1. The van der Waals surface area contributed by atoms with Gasteiger partial charge in [-0.1, -0.05) is 6.07 Å². The summed E-state index contributed by atoms with van der Waals surface area (Å²) >= 11 is 3.51. The van der Waals surface area contributed by atoms with Gasteiger partial charge >= 0.3 is 5.97 Å². The molecule has 98 valence electrons. The van der Waals surface area contributed by atoms with Gasteiger partial charge in [0.15, 0.2) is 0 Å². The van der Waals surface area contributed by atoms with Crippen molar-refractivity contribution in [2.75, 3.05) is 0 Å². The zero-order valence-corrected chi connectivity index (χ0v) is 11.8. The number of aryl methyl sites for hydroxylation is 1. The van der Waals surface area contributed by atoms with Crippen LogP contribution >= 0.6 is 15.9 Å². The first kappa shape index (κ1) is 13.4. The third kappa shape index (κ3) is 3.73. The van der Waals surface area contributed by atoms with Crippen molar-refractivity contribution in [1.29, 1.82) is 0 Å². The molecule has 1 N–H and O–H groups in total. The molecule has 1 aliphatic carbocycles. The van der Waals surface area contributed by atoms with Crippen LogP contribution in [-0.4, -0.2) is 17.2 Å². The van der Waals surface area contributed by atoms with E-state index < -0.39 is 5.97 Å². The standard InChI is InChI=1S/C14H17BrO3/c15-12-9-10(3-1-6-14(16)17)7-8-13(12)18-11-4-2-5-11/h7-9,11H,1-6H2,(H,16,17). The number of carboxylic acid groups (broad SMARTS) is 1. The Kier molecular flexibility index (Phi) is 4.64. The normalized spacial score (nSPS) is 15.2. The molecule has 0 saturated heterocycles. The number of aliphatic carboxylic acids is 1. The Morgan fingerprint density at radius 1 is 1.44 bits per heavy atom. The summed E-state index contributed by atoms with van der Waals surface area (Å²) in [5, 5.41) is 8.59. The average Bonchev–Trinajstić information content (AvgIpc) is 2.25. The molecule has 0 spiro atoms. The number of carbonyl (C=O) groups is 1. The third-order valence-electron chi connectivity index (χ3n) is 3.20. The van der Waals surface area contributed by atoms with Crippen LogP contribution in [-0.2, 0) is 11.2 Å². The van der Waals surface area contributed by atoms with E-state index in [0.717, 1.165) is 35.0 Å². The van der Waals surface area contributed by atoms with Crippen molar-refractivity contribution in [3.05, 3.63) is 28.2 Å². The van der Waals surface area contributed by atoms with Crippen LogP contribution in [0, 0.1) is 0 Å². The molecular formula is C14H17BrO3. The van der Waals surface area contributed by atoms with E-state index in [1.54, 1.807) is 0 Å². The molecule has 0 unspecified atom stereocenters. The lowest BCUT2D eigenvalue weighted by atomic mass is 9.96. The van der Waals surface area contributed by atoms with Crippen molar-refractivity contribution in [3.8, 4) is 5.75 Å². The number of ether oxygens (including phenoxy) is 1. The van der Waals surface area contributed by atoms with Gasteiger partial charge in [0.05, 0.1) is 10.6 Å². The number of rotatable bonds is 6. The maximum atomic E-state index is 10.4. The van der Waals surface area contributed by atoms with Crippen molar-refractivity contribution in [2.24, 2.45) is 0 Å². The van der Waals surface area contributed by atoms with Crippen molar-refractivity contribution in [3.63, 3.8) is 0 Å². The fraction of sp³-hybridized carbons (Fsp3) is 0.500. The average molecular weight is 313 g/mol. The fourth-order valence-electron chi connectivity index (χ4n) is 1.91. The van der Waals surface area contributed by atoms with Gasteiger partial charge in [0.2, 0.25) is 0 Å². The zero-order valence-electron chi connectivity index (χ0n) is 10.2. The highest BCUT2D eigenvalue weighted by Crippen LogP contribution is 2.31. The van der Waals surface area contributed by atoms with Crippen LogP contribution < -0.4 is 4.74 Å². The third-order valence-corrected chi connectivity index (χ3v) is 3.82. The summed E-state index contributed by atoms with van der Waals surface area (Å²) in [5.41, 5.74) is 1.14. The number of halogens is 1. The molecule has 18 heavy (non-hydrogen) atoms. The summed E-state index contributed by atoms with van der Waals surface area (Å²) in [5.74, 6) is 0.153. The molecular weight excluding hydrogens is 296 g/mol. The lowest BCUT2D eigenvalue weighted by molar-refractivity contribution is -0.137. The van der Waals surface area contributed by atoms with E-state index in [-0.39, 0.29) is 6.42 Å². The Balaban J connectivity index is 1.89. The summed E-state index contributed by atoms with van der Waals surface area (Å²) in [6.45, 7) is 0. The topological polar surface area (TPSA) is 46.5 Å². The van der Waals surface area contributed by atoms with Gasteiger partial charge in [0.1, 0.15) is 5.75 Å². The van der Waals surface area contributed by atoms with Gasteiger partial charge in [-0.15, -0.1) is 0 Å². The Hall–Kier alpha value is -1.03. The number of hydrogen-bond acceptors (Lipinski definition) is 2. The van der Waals surface area contributed by atoms with Gasteiger partial charge in [-0.2, -0.15) is 0 Å². The molecule has 1 fully saturated rings. The second-order valence-corrected chi connectivity index (χ2v) is 5.54. The first-order chi connectivity index (χ1) is 8.65. The minimum atomic E-state index is -0.737. The van der Waals surface area contributed by atoms with Gasteiger partial charge in [-0.3, -0.25) is 4.79 Å². The summed E-state index contributed by atoms with van der Waals surface area (Å²) in [6, 6.07) is 6.01. The molecule has 0 amide bonds.